The van der Waals surface area contributed by atoms with E-state index >= 15 is 0 Å². The number of imide groups is 1. The summed E-state index contributed by atoms with van der Waals surface area (Å²) in [5, 5.41) is 1.84. The molecule has 1 aliphatic heterocycles. The van der Waals surface area contributed by atoms with E-state index in [2.05, 4.69) is 22.9 Å². The Labute approximate surface area is 212 Å². The molecule has 1 fully saturated rings. The average molecular weight is 540 g/mol. The molecule has 3 aromatic rings. The normalized spacial score (nSPS) is 15.9. The largest absolute Gasteiger partial charge is 0.490 e. The molecule has 0 saturated carbocycles. The van der Waals surface area contributed by atoms with E-state index in [1.165, 1.54) is 4.90 Å². The highest BCUT2D eigenvalue weighted by Crippen LogP contribution is 2.40. The first-order valence-corrected chi connectivity index (χ1v) is 12.9. The molecule has 0 radical (unpaired) electrons. The Morgan fingerprint density at radius 1 is 1.09 bits per heavy atom. The Bertz CT molecular complexity index is 1270. The van der Waals surface area contributed by atoms with Gasteiger partial charge in [-0.25, -0.2) is 0 Å². The minimum Gasteiger partial charge on any atom is -0.490 e. The third-order valence-corrected chi connectivity index (χ3v) is 7.10. The maximum absolute atomic E-state index is 13.2. The monoisotopic (exact) mass is 539 g/mol. The molecule has 176 valence electrons. The Balaban J connectivity index is 1.61. The van der Waals surface area contributed by atoms with Gasteiger partial charge in [0, 0.05) is 0 Å². The molecule has 1 aliphatic rings. The molecule has 34 heavy (non-hydrogen) atoms. The average Bonchev–Trinajstić information content (AvgIpc) is 3.08. The van der Waals surface area contributed by atoms with E-state index in [1.54, 1.807) is 6.08 Å². The number of halogens is 1. The summed E-state index contributed by atoms with van der Waals surface area (Å²) in [6, 6.07) is 17.6. The van der Waals surface area contributed by atoms with Crippen LogP contribution in [0.2, 0.25) is 0 Å². The van der Waals surface area contributed by atoms with Gasteiger partial charge < -0.3 is 9.47 Å². The number of carbonyl (C=O) groups excluding carboxylic acids is 2. The van der Waals surface area contributed by atoms with Gasteiger partial charge in [0.2, 0.25) is 0 Å². The number of nitrogens with zero attached hydrogens (tertiary/aromatic N) is 1. The number of fused-ring (bicyclic) bond motifs is 1. The lowest BCUT2D eigenvalue weighted by molar-refractivity contribution is -0.123. The number of hydrogen-bond acceptors (Lipinski definition) is 5. The van der Waals surface area contributed by atoms with Crippen molar-refractivity contribution in [1.82, 2.24) is 4.90 Å². The number of thioether (sulfide) groups is 1. The minimum absolute atomic E-state index is 0.0342. The van der Waals surface area contributed by atoms with E-state index in [0.29, 0.717) is 23.0 Å². The number of benzene rings is 3. The predicted molar refractivity (Wildman–Crippen MR) is 141 cm³/mol. The van der Waals surface area contributed by atoms with Crippen molar-refractivity contribution >= 4 is 55.7 Å². The zero-order valence-corrected chi connectivity index (χ0v) is 21.7. The van der Waals surface area contributed by atoms with Crippen LogP contribution < -0.4 is 9.47 Å². The van der Waals surface area contributed by atoms with Gasteiger partial charge in [-0.3, -0.25) is 14.5 Å². The van der Waals surface area contributed by atoms with Gasteiger partial charge in [-0.1, -0.05) is 49.4 Å². The van der Waals surface area contributed by atoms with Crippen molar-refractivity contribution in [3.63, 3.8) is 0 Å². The zero-order chi connectivity index (χ0) is 24.2. The molecule has 3 aromatic carbocycles. The van der Waals surface area contributed by atoms with Crippen LogP contribution in [-0.4, -0.2) is 28.8 Å². The summed E-state index contributed by atoms with van der Waals surface area (Å²) in [7, 11) is 0. The van der Waals surface area contributed by atoms with Crippen molar-refractivity contribution in [2.75, 3.05) is 6.61 Å². The highest BCUT2D eigenvalue weighted by molar-refractivity contribution is 9.10. The molecule has 0 bridgehead atoms. The van der Waals surface area contributed by atoms with Crippen LogP contribution in [0, 0.1) is 0 Å². The first kappa shape index (κ1) is 24.4. The second-order valence-corrected chi connectivity index (χ2v) is 9.85. The summed E-state index contributed by atoms with van der Waals surface area (Å²) in [6.07, 6.45) is 2.63. The smallest absolute Gasteiger partial charge is 0.293 e. The summed E-state index contributed by atoms with van der Waals surface area (Å²) in [6.45, 7) is 6.68. The molecule has 7 heteroatoms. The van der Waals surface area contributed by atoms with E-state index in [4.69, 9.17) is 9.47 Å². The second-order valence-electron chi connectivity index (χ2n) is 8.01. The molecule has 0 aromatic heterocycles. The summed E-state index contributed by atoms with van der Waals surface area (Å²) < 4.78 is 12.6. The van der Waals surface area contributed by atoms with Crippen LogP contribution in [0.4, 0.5) is 4.79 Å². The maximum Gasteiger partial charge on any atom is 0.293 e. The Morgan fingerprint density at radius 2 is 1.85 bits per heavy atom. The van der Waals surface area contributed by atoms with Crippen molar-refractivity contribution in [2.24, 2.45) is 0 Å². The molecule has 1 unspecified atom stereocenters. The van der Waals surface area contributed by atoms with Gasteiger partial charge in [0.05, 0.1) is 28.6 Å². The Kier molecular flexibility index (Phi) is 7.63. The van der Waals surface area contributed by atoms with Crippen LogP contribution in [0.3, 0.4) is 0 Å². The lowest BCUT2D eigenvalue weighted by Gasteiger charge is -2.18. The SMILES string of the molecule is CCOc1cc(/C=C2/SC(=O)N(Cc3cccc4ccccc34)C2=O)cc(Br)c1OC(C)CC. The van der Waals surface area contributed by atoms with Crippen molar-refractivity contribution < 1.29 is 19.1 Å². The lowest BCUT2D eigenvalue weighted by atomic mass is 10.0. The molecule has 0 spiro atoms. The number of hydrogen-bond donors (Lipinski definition) is 0. The number of amides is 2. The van der Waals surface area contributed by atoms with Gasteiger partial charge in [-0.15, -0.1) is 0 Å². The molecule has 1 atom stereocenters. The summed E-state index contributed by atoms with van der Waals surface area (Å²) in [4.78, 5) is 27.6. The third-order valence-electron chi connectivity index (χ3n) is 5.61. The van der Waals surface area contributed by atoms with E-state index in [-0.39, 0.29) is 23.8 Å². The van der Waals surface area contributed by atoms with Gasteiger partial charge in [0.1, 0.15) is 0 Å². The first-order valence-electron chi connectivity index (χ1n) is 11.3. The van der Waals surface area contributed by atoms with Gasteiger partial charge in [-0.2, -0.15) is 0 Å². The maximum atomic E-state index is 13.2. The van der Waals surface area contributed by atoms with Crippen LogP contribution in [0.15, 0.2) is 64.0 Å². The number of carbonyl (C=O) groups is 2. The van der Waals surface area contributed by atoms with Crippen molar-refractivity contribution in [3.8, 4) is 11.5 Å². The molecule has 1 heterocycles. The molecule has 0 aliphatic carbocycles. The second kappa shape index (κ2) is 10.7. The van der Waals surface area contributed by atoms with Crippen LogP contribution in [-0.2, 0) is 11.3 Å². The molecule has 5 nitrogen and oxygen atoms in total. The lowest BCUT2D eigenvalue weighted by Crippen LogP contribution is -2.27. The number of rotatable bonds is 8. The van der Waals surface area contributed by atoms with Gasteiger partial charge >= 0.3 is 0 Å². The Hall–Kier alpha value is -2.77. The topological polar surface area (TPSA) is 55.8 Å². The van der Waals surface area contributed by atoms with E-state index < -0.39 is 0 Å². The van der Waals surface area contributed by atoms with Gasteiger partial charge in [0.15, 0.2) is 11.5 Å². The number of ether oxygens (including phenoxy) is 2. The molecular formula is C27H26BrNO4S. The van der Waals surface area contributed by atoms with Crippen molar-refractivity contribution in [2.45, 2.75) is 39.8 Å². The standard InChI is InChI=1S/C27H26BrNO4S/c1-4-17(3)33-25-22(28)13-18(14-23(25)32-5-2)15-24-26(30)29(27(31)34-24)16-20-11-8-10-19-9-6-7-12-21(19)20/h6-15,17H,4-5,16H2,1-3H3/b24-15+. The fourth-order valence-electron chi connectivity index (χ4n) is 3.72. The van der Waals surface area contributed by atoms with Gasteiger partial charge in [-0.05, 0) is 88.1 Å². The van der Waals surface area contributed by atoms with Crippen LogP contribution in [0.5, 0.6) is 11.5 Å². The minimum atomic E-state index is -0.294. The quantitative estimate of drug-likeness (QED) is 0.279. The fraction of sp³-hybridized carbons (Fsp3) is 0.259. The van der Waals surface area contributed by atoms with E-state index in [1.807, 2.05) is 68.4 Å². The first-order chi connectivity index (χ1) is 16.4. The van der Waals surface area contributed by atoms with Crippen LogP contribution in [0.25, 0.3) is 16.8 Å². The third kappa shape index (κ3) is 5.15. The molecule has 2 amide bonds. The highest BCUT2D eigenvalue weighted by Gasteiger charge is 2.35. The van der Waals surface area contributed by atoms with E-state index in [9.17, 15) is 9.59 Å². The summed E-state index contributed by atoms with van der Waals surface area (Å²) in [5.41, 5.74) is 1.69. The summed E-state index contributed by atoms with van der Waals surface area (Å²) in [5.74, 6) is 0.938. The fourth-order valence-corrected chi connectivity index (χ4v) is 5.11. The highest BCUT2D eigenvalue weighted by atomic mass is 79.9. The molecule has 1 saturated heterocycles. The van der Waals surface area contributed by atoms with Crippen molar-refractivity contribution in [3.05, 3.63) is 75.1 Å². The predicted octanol–water partition coefficient (Wildman–Crippen LogP) is 7.41. The Morgan fingerprint density at radius 3 is 2.62 bits per heavy atom. The van der Waals surface area contributed by atoms with Crippen LogP contribution in [0.1, 0.15) is 38.3 Å². The van der Waals surface area contributed by atoms with Gasteiger partial charge in [0.25, 0.3) is 11.1 Å². The molecule has 4 rings (SSSR count). The summed E-state index contributed by atoms with van der Waals surface area (Å²) >= 11 is 4.53. The van der Waals surface area contributed by atoms with E-state index in [0.717, 1.165) is 44.6 Å². The van der Waals surface area contributed by atoms with Crippen molar-refractivity contribution in [1.29, 1.82) is 0 Å². The zero-order valence-electron chi connectivity index (χ0n) is 19.3. The van der Waals surface area contributed by atoms with Crippen LogP contribution >= 0.6 is 27.7 Å². The molecular weight excluding hydrogens is 514 g/mol. The molecule has 0 N–H and O–H groups in total.